The zero-order chi connectivity index (χ0) is 14.9. The van der Waals surface area contributed by atoms with Crippen molar-refractivity contribution in [3.05, 3.63) is 12.2 Å². The molecule has 0 atom stereocenters. The van der Waals surface area contributed by atoms with Crippen LogP contribution in [0, 0.1) is 0 Å². The van der Waals surface area contributed by atoms with Crippen LogP contribution >= 0.6 is 0 Å². The Morgan fingerprint density at radius 2 is 0.900 bits per heavy atom. The van der Waals surface area contributed by atoms with Crippen molar-refractivity contribution >= 4 is 0 Å². The van der Waals surface area contributed by atoms with Crippen LogP contribution in [0.25, 0.3) is 0 Å². The molecule has 0 unspecified atom stereocenters. The van der Waals surface area contributed by atoms with E-state index >= 15 is 0 Å². The van der Waals surface area contributed by atoms with Crippen molar-refractivity contribution in [2.24, 2.45) is 0 Å². The molecule has 0 saturated heterocycles. The van der Waals surface area contributed by atoms with Crippen LogP contribution in [0.1, 0.15) is 117 Å². The number of unbranched alkanes of at least 4 members (excludes halogenated alkanes) is 12. The smallest absolute Gasteiger partial charge is 0.0323 e. The van der Waals surface area contributed by atoms with Crippen LogP contribution in [0.15, 0.2) is 12.2 Å². The second-order valence-electron chi connectivity index (χ2n) is 6.49. The molecule has 0 heteroatoms. The van der Waals surface area contributed by atoms with E-state index in [1.165, 1.54) is 108 Å². The standard InChI is InChI=1S/C20H40/c1-4-6-7-8-9-10-11-12-13-14-15-16-17-19-20(3)18-5-2/h3-19H2,1-2H3. The Bertz CT molecular complexity index is 192. The van der Waals surface area contributed by atoms with Crippen molar-refractivity contribution in [2.45, 2.75) is 117 Å². The lowest BCUT2D eigenvalue weighted by atomic mass is 10.0. The summed E-state index contributed by atoms with van der Waals surface area (Å²) in [7, 11) is 0. The topological polar surface area (TPSA) is 0 Å². The highest BCUT2D eigenvalue weighted by molar-refractivity contribution is 4.92. The lowest BCUT2D eigenvalue weighted by molar-refractivity contribution is 0.538. The first-order chi connectivity index (χ1) is 9.81. The van der Waals surface area contributed by atoms with Gasteiger partial charge >= 0.3 is 0 Å². The van der Waals surface area contributed by atoms with Crippen LogP contribution in [0.2, 0.25) is 0 Å². The Morgan fingerprint density at radius 3 is 1.30 bits per heavy atom. The van der Waals surface area contributed by atoms with Crippen LogP contribution in [0.3, 0.4) is 0 Å². The van der Waals surface area contributed by atoms with E-state index in [1.54, 1.807) is 0 Å². The molecular weight excluding hydrogens is 240 g/mol. The van der Waals surface area contributed by atoms with Gasteiger partial charge in [-0.2, -0.15) is 0 Å². The van der Waals surface area contributed by atoms with E-state index in [4.69, 9.17) is 0 Å². The minimum Gasteiger partial charge on any atom is -0.0999 e. The molecule has 20 heavy (non-hydrogen) atoms. The summed E-state index contributed by atoms with van der Waals surface area (Å²) in [6.07, 6.45) is 22.5. The van der Waals surface area contributed by atoms with E-state index in [-0.39, 0.29) is 0 Å². The Morgan fingerprint density at radius 1 is 0.500 bits per heavy atom. The molecule has 0 aliphatic carbocycles. The number of allylic oxidation sites excluding steroid dienone is 1. The molecule has 0 aromatic heterocycles. The van der Waals surface area contributed by atoms with Gasteiger partial charge in [-0.05, 0) is 19.3 Å². The van der Waals surface area contributed by atoms with Crippen LogP contribution < -0.4 is 0 Å². The van der Waals surface area contributed by atoms with Gasteiger partial charge in [0.1, 0.15) is 0 Å². The van der Waals surface area contributed by atoms with Crippen molar-refractivity contribution in [1.82, 2.24) is 0 Å². The minimum absolute atomic E-state index is 1.23. The van der Waals surface area contributed by atoms with Gasteiger partial charge in [-0.25, -0.2) is 0 Å². The third-order valence-electron chi connectivity index (χ3n) is 4.24. The maximum Gasteiger partial charge on any atom is -0.0323 e. The molecule has 0 aromatic carbocycles. The summed E-state index contributed by atoms with van der Waals surface area (Å²) in [5.74, 6) is 0. The second kappa shape index (κ2) is 16.8. The van der Waals surface area contributed by atoms with Gasteiger partial charge in [0, 0.05) is 0 Å². The lowest BCUT2D eigenvalue weighted by Crippen LogP contribution is -1.85. The van der Waals surface area contributed by atoms with Gasteiger partial charge in [0.2, 0.25) is 0 Å². The number of hydrogen-bond donors (Lipinski definition) is 0. The molecule has 0 radical (unpaired) electrons. The molecular formula is C20H40. The molecule has 0 rings (SSSR count). The highest BCUT2D eigenvalue weighted by atomic mass is 14.0. The molecule has 0 N–H and O–H groups in total. The first-order valence-corrected chi connectivity index (χ1v) is 9.47. The zero-order valence-corrected chi connectivity index (χ0v) is 14.5. The Balaban J connectivity index is 3.01. The molecule has 0 heterocycles. The lowest BCUT2D eigenvalue weighted by Gasteiger charge is -2.04. The summed E-state index contributed by atoms with van der Waals surface area (Å²) in [5.41, 5.74) is 1.47. The van der Waals surface area contributed by atoms with Crippen molar-refractivity contribution in [2.75, 3.05) is 0 Å². The van der Waals surface area contributed by atoms with E-state index in [0.717, 1.165) is 0 Å². The van der Waals surface area contributed by atoms with Gasteiger partial charge in [-0.1, -0.05) is 109 Å². The highest BCUT2D eigenvalue weighted by Crippen LogP contribution is 2.15. The maximum absolute atomic E-state index is 4.14. The van der Waals surface area contributed by atoms with Crippen molar-refractivity contribution in [3.63, 3.8) is 0 Å². The molecule has 0 bridgehead atoms. The molecule has 120 valence electrons. The summed E-state index contributed by atoms with van der Waals surface area (Å²) in [4.78, 5) is 0. The normalized spacial score (nSPS) is 10.9. The first-order valence-electron chi connectivity index (χ1n) is 9.47. The molecule has 0 saturated carbocycles. The average Bonchev–Trinajstić information content (AvgIpc) is 2.44. The highest BCUT2D eigenvalue weighted by Gasteiger charge is 1.95. The van der Waals surface area contributed by atoms with Gasteiger partial charge in [-0.15, -0.1) is 0 Å². The van der Waals surface area contributed by atoms with E-state index in [2.05, 4.69) is 20.4 Å². The van der Waals surface area contributed by atoms with Gasteiger partial charge in [0.15, 0.2) is 0 Å². The third-order valence-corrected chi connectivity index (χ3v) is 4.24. The predicted molar refractivity (Wildman–Crippen MR) is 94.4 cm³/mol. The molecule has 0 amide bonds. The van der Waals surface area contributed by atoms with Crippen LogP contribution in [-0.4, -0.2) is 0 Å². The van der Waals surface area contributed by atoms with Crippen LogP contribution in [0.4, 0.5) is 0 Å². The average molecular weight is 281 g/mol. The monoisotopic (exact) mass is 280 g/mol. The minimum atomic E-state index is 1.23. The maximum atomic E-state index is 4.14. The Kier molecular flexibility index (Phi) is 16.6. The van der Waals surface area contributed by atoms with E-state index in [1.807, 2.05) is 0 Å². The van der Waals surface area contributed by atoms with Crippen LogP contribution in [0.5, 0.6) is 0 Å². The largest absolute Gasteiger partial charge is 0.0999 e. The number of rotatable bonds is 16. The summed E-state index contributed by atoms with van der Waals surface area (Å²) in [6, 6.07) is 0. The molecule has 0 aliphatic rings. The van der Waals surface area contributed by atoms with Gasteiger partial charge in [-0.3, -0.25) is 0 Å². The van der Waals surface area contributed by atoms with Crippen molar-refractivity contribution < 1.29 is 0 Å². The summed E-state index contributed by atoms with van der Waals surface area (Å²) < 4.78 is 0. The molecule has 0 nitrogen and oxygen atoms in total. The van der Waals surface area contributed by atoms with Gasteiger partial charge in [0.05, 0.1) is 0 Å². The summed E-state index contributed by atoms with van der Waals surface area (Å²) in [6.45, 7) is 8.68. The Hall–Kier alpha value is -0.260. The first kappa shape index (κ1) is 19.7. The fraction of sp³-hybridized carbons (Fsp3) is 0.900. The summed E-state index contributed by atoms with van der Waals surface area (Å²) in [5, 5.41) is 0. The van der Waals surface area contributed by atoms with E-state index in [0.29, 0.717) is 0 Å². The fourth-order valence-corrected chi connectivity index (χ4v) is 2.87. The second-order valence-corrected chi connectivity index (χ2v) is 6.49. The predicted octanol–water partition coefficient (Wildman–Crippen LogP) is 7.82. The van der Waals surface area contributed by atoms with E-state index < -0.39 is 0 Å². The molecule has 0 aromatic rings. The fourth-order valence-electron chi connectivity index (χ4n) is 2.87. The van der Waals surface area contributed by atoms with E-state index in [9.17, 15) is 0 Å². The van der Waals surface area contributed by atoms with Crippen molar-refractivity contribution in [3.8, 4) is 0 Å². The molecule has 0 aliphatic heterocycles. The zero-order valence-electron chi connectivity index (χ0n) is 14.5. The SMILES string of the molecule is C=C(CCC)CCCCCCCCCCCCCCC. The third kappa shape index (κ3) is 15.8. The quantitative estimate of drug-likeness (QED) is 0.200. The van der Waals surface area contributed by atoms with Gasteiger partial charge in [0.25, 0.3) is 0 Å². The van der Waals surface area contributed by atoms with Crippen LogP contribution in [-0.2, 0) is 0 Å². The van der Waals surface area contributed by atoms with Crippen molar-refractivity contribution in [1.29, 1.82) is 0 Å². The molecule has 0 spiro atoms. The van der Waals surface area contributed by atoms with Gasteiger partial charge < -0.3 is 0 Å². The Labute approximate surface area is 129 Å². The number of hydrogen-bond acceptors (Lipinski definition) is 0. The molecule has 0 fully saturated rings. The summed E-state index contributed by atoms with van der Waals surface area (Å²) >= 11 is 0.